The Morgan fingerprint density at radius 2 is 1.67 bits per heavy atom. The van der Waals surface area contributed by atoms with Gasteiger partial charge >= 0.3 is 0 Å². The molecule has 0 heterocycles. The minimum absolute atomic E-state index is 0.0155. The van der Waals surface area contributed by atoms with E-state index in [4.69, 9.17) is 0 Å². The van der Waals surface area contributed by atoms with Gasteiger partial charge in [0.25, 0.3) is 0 Å². The number of hydrogen-bond acceptors (Lipinski definition) is 1. The fourth-order valence-electron chi connectivity index (χ4n) is 0.955. The first-order valence-electron chi connectivity index (χ1n) is 4.46. The van der Waals surface area contributed by atoms with Gasteiger partial charge in [-0.1, -0.05) is 12.8 Å². The van der Waals surface area contributed by atoms with Crippen molar-refractivity contribution >= 4 is 5.91 Å². The van der Waals surface area contributed by atoms with E-state index in [-0.39, 0.29) is 12.5 Å². The average molecular weight is 172 g/mol. The van der Waals surface area contributed by atoms with Crippen LogP contribution in [0.5, 0.6) is 0 Å². The summed E-state index contributed by atoms with van der Waals surface area (Å²) >= 11 is 0. The summed E-state index contributed by atoms with van der Waals surface area (Å²) in [4.78, 5) is 12.6. The van der Waals surface area contributed by atoms with Crippen LogP contribution in [0, 0.1) is 0 Å². The number of amides is 1. The maximum Gasteiger partial charge on any atom is 0.222 e. The van der Waals surface area contributed by atoms with Crippen LogP contribution in [0.15, 0.2) is 0 Å². The molecule has 0 N–H and O–H groups in total. The molecule has 0 saturated carbocycles. The highest BCUT2D eigenvalue weighted by molar-refractivity contribution is 5.75. The molecule has 0 aromatic carbocycles. The second-order valence-corrected chi connectivity index (χ2v) is 3.16. The molecule has 0 fully saturated rings. The molecule has 0 aromatic rings. The summed E-state index contributed by atoms with van der Waals surface area (Å²) < 4.78 is 0. The van der Waals surface area contributed by atoms with E-state index in [1.54, 1.807) is 19.0 Å². The van der Waals surface area contributed by atoms with E-state index in [2.05, 4.69) is 0 Å². The molecule has 0 unspecified atom stereocenters. The van der Waals surface area contributed by atoms with Crippen LogP contribution in [0.1, 0.15) is 32.1 Å². The quantitative estimate of drug-likeness (QED) is 0.559. The van der Waals surface area contributed by atoms with E-state index >= 15 is 0 Å². The molecule has 1 radical (unpaired) electrons. The van der Waals surface area contributed by atoms with Gasteiger partial charge in [-0.05, 0) is 12.8 Å². The molecule has 0 bridgehead atoms. The molecular weight excluding hydrogens is 154 g/mol. The van der Waals surface area contributed by atoms with Gasteiger partial charge in [0, 0.05) is 20.5 Å². The maximum atomic E-state index is 11.0. The topological polar surface area (TPSA) is 40.2 Å². The first kappa shape index (κ1) is 11.4. The third-order valence-electron chi connectivity index (χ3n) is 1.78. The van der Waals surface area contributed by atoms with Crippen LogP contribution in [-0.2, 0) is 9.90 Å². The lowest BCUT2D eigenvalue weighted by Gasteiger charge is -2.09. The molecule has 0 atom stereocenters. The standard InChI is InChI=1S/C9H18NO2/c1-10(2)9(12)7-5-3-4-6-8-11/h3-8H2,1-2H3. The van der Waals surface area contributed by atoms with Crippen molar-refractivity contribution in [3.8, 4) is 0 Å². The lowest BCUT2D eigenvalue weighted by molar-refractivity contribution is -0.128. The zero-order valence-electron chi connectivity index (χ0n) is 8.01. The molecule has 0 aromatic heterocycles. The van der Waals surface area contributed by atoms with Gasteiger partial charge in [-0.3, -0.25) is 4.79 Å². The summed E-state index contributed by atoms with van der Waals surface area (Å²) in [5.41, 5.74) is 0. The minimum atomic E-state index is 0.0155. The number of unbranched alkanes of at least 4 members (excludes halogenated alkanes) is 3. The molecule has 71 valence electrons. The molecule has 0 rings (SSSR count). The van der Waals surface area contributed by atoms with Crippen LogP contribution in [0.4, 0.5) is 0 Å². The Bertz CT molecular complexity index is 124. The van der Waals surface area contributed by atoms with Crippen molar-refractivity contribution in [1.29, 1.82) is 0 Å². The third-order valence-corrected chi connectivity index (χ3v) is 1.78. The highest BCUT2D eigenvalue weighted by Gasteiger charge is 2.01. The van der Waals surface area contributed by atoms with Gasteiger partial charge < -0.3 is 4.90 Å². The summed E-state index contributed by atoms with van der Waals surface area (Å²) in [6, 6.07) is 0. The summed E-state index contributed by atoms with van der Waals surface area (Å²) in [5, 5.41) is 10.1. The molecule has 3 heteroatoms. The predicted molar refractivity (Wildman–Crippen MR) is 47.3 cm³/mol. The Hall–Kier alpha value is -0.570. The number of rotatable bonds is 6. The smallest absolute Gasteiger partial charge is 0.222 e. The highest BCUT2D eigenvalue weighted by atomic mass is 16.2. The summed E-state index contributed by atoms with van der Waals surface area (Å²) in [7, 11) is 3.53. The maximum absolute atomic E-state index is 11.0. The minimum Gasteiger partial charge on any atom is -0.349 e. The Balaban J connectivity index is 3.14. The van der Waals surface area contributed by atoms with Gasteiger partial charge in [-0.25, -0.2) is 5.11 Å². The van der Waals surface area contributed by atoms with Gasteiger partial charge in [0.1, 0.15) is 0 Å². The Kier molecular flexibility index (Phi) is 6.76. The molecule has 0 spiro atoms. The van der Waals surface area contributed by atoms with Gasteiger partial charge in [0.05, 0.1) is 6.61 Å². The summed E-state index contributed by atoms with van der Waals surface area (Å²) in [6.45, 7) is 0.0155. The Morgan fingerprint density at radius 3 is 2.17 bits per heavy atom. The normalized spacial score (nSPS) is 9.92. The second kappa shape index (κ2) is 7.10. The van der Waals surface area contributed by atoms with Gasteiger partial charge in [0.2, 0.25) is 5.91 Å². The van der Waals surface area contributed by atoms with Crippen LogP contribution in [0.3, 0.4) is 0 Å². The van der Waals surface area contributed by atoms with Crippen molar-refractivity contribution in [3.05, 3.63) is 0 Å². The van der Waals surface area contributed by atoms with Gasteiger partial charge in [-0.15, -0.1) is 0 Å². The van der Waals surface area contributed by atoms with Crippen LogP contribution in [0.25, 0.3) is 0 Å². The fourth-order valence-corrected chi connectivity index (χ4v) is 0.955. The Labute approximate surface area is 74.4 Å². The lowest BCUT2D eigenvalue weighted by atomic mass is 10.1. The van der Waals surface area contributed by atoms with E-state index in [9.17, 15) is 9.90 Å². The molecule has 0 saturated heterocycles. The largest absolute Gasteiger partial charge is 0.349 e. The second-order valence-electron chi connectivity index (χ2n) is 3.16. The third kappa shape index (κ3) is 6.16. The summed E-state index contributed by atoms with van der Waals surface area (Å²) in [6.07, 6.45) is 4.24. The van der Waals surface area contributed by atoms with E-state index in [0.29, 0.717) is 6.42 Å². The van der Waals surface area contributed by atoms with Gasteiger partial charge in [-0.2, -0.15) is 0 Å². The van der Waals surface area contributed by atoms with Crippen molar-refractivity contribution in [2.75, 3.05) is 20.7 Å². The van der Waals surface area contributed by atoms with E-state index < -0.39 is 0 Å². The van der Waals surface area contributed by atoms with Crippen molar-refractivity contribution < 1.29 is 9.90 Å². The van der Waals surface area contributed by atoms with Crippen LogP contribution in [0.2, 0.25) is 0 Å². The summed E-state index contributed by atoms with van der Waals surface area (Å²) in [5.74, 6) is 0.178. The molecule has 0 aliphatic heterocycles. The van der Waals surface area contributed by atoms with Gasteiger partial charge in [0.15, 0.2) is 0 Å². The highest BCUT2D eigenvalue weighted by Crippen LogP contribution is 2.03. The monoisotopic (exact) mass is 172 g/mol. The number of carbonyl (C=O) groups excluding carboxylic acids is 1. The first-order valence-corrected chi connectivity index (χ1v) is 4.46. The number of nitrogens with zero attached hydrogens (tertiary/aromatic N) is 1. The van der Waals surface area contributed by atoms with E-state index in [0.717, 1.165) is 25.7 Å². The zero-order valence-corrected chi connectivity index (χ0v) is 8.01. The fraction of sp³-hybridized carbons (Fsp3) is 0.889. The molecule has 1 amide bonds. The molecular formula is C9H18NO2. The zero-order chi connectivity index (χ0) is 9.40. The first-order chi connectivity index (χ1) is 5.68. The molecule has 0 aliphatic rings. The molecule has 12 heavy (non-hydrogen) atoms. The van der Waals surface area contributed by atoms with Crippen LogP contribution >= 0.6 is 0 Å². The molecule has 0 aliphatic carbocycles. The van der Waals surface area contributed by atoms with Crippen molar-refractivity contribution in [3.63, 3.8) is 0 Å². The lowest BCUT2D eigenvalue weighted by Crippen LogP contribution is -2.20. The number of hydrogen-bond donors (Lipinski definition) is 0. The van der Waals surface area contributed by atoms with E-state index in [1.807, 2.05) is 0 Å². The predicted octanol–water partition coefficient (Wildman–Crippen LogP) is 1.46. The Morgan fingerprint density at radius 1 is 1.08 bits per heavy atom. The van der Waals surface area contributed by atoms with Crippen LogP contribution < -0.4 is 0 Å². The number of carbonyl (C=O) groups is 1. The molecule has 3 nitrogen and oxygen atoms in total. The SMILES string of the molecule is CN(C)C(=O)CCCCCC[O]. The van der Waals surface area contributed by atoms with Crippen molar-refractivity contribution in [2.24, 2.45) is 0 Å². The van der Waals surface area contributed by atoms with E-state index in [1.165, 1.54) is 0 Å². The average Bonchev–Trinajstić information content (AvgIpc) is 2.03. The van der Waals surface area contributed by atoms with Crippen molar-refractivity contribution in [1.82, 2.24) is 4.90 Å². The van der Waals surface area contributed by atoms with Crippen LogP contribution in [-0.4, -0.2) is 31.5 Å². The van der Waals surface area contributed by atoms with Crippen molar-refractivity contribution in [2.45, 2.75) is 32.1 Å².